The highest BCUT2D eigenvalue weighted by Crippen LogP contribution is 2.24. The predicted molar refractivity (Wildman–Crippen MR) is 75.1 cm³/mol. The van der Waals surface area contributed by atoms with Crippen LogP contribution in [0.15, 0.2) is 18.2 Å². The molecule has 1 aromatic carbocycles. The standard InChI is InChI=1S/C12H14ClN3OS/c1-12(2,10(14)17)6-16-9-4-3-7(13)5-8(9)15-11(16)18/h3-5H,6H2,1-2H3,(H2,14,17)(H,15,18). The van der Waals surface area contributed by atoms with Gasteiger partial charge in [-0.2, -0.15) is 0 Å². The van der Waals surface area contributed by atoms with Crippen molar-refractivity contribution in [2.24, 2.45) is 11.1 Å². The molecule has 1 amide bonds. The normalized spacial score (nSPS) is 11.9. The van der Waals surface area contributed by atoms with Gasteiger partial charge in [-0.3, -0.25) is 4.79 Å². The zero-order chi connectivity index (χ0) is 13.5. The zero-order valence-corrected chi connectivity index (χ0v) is 11.7. The molecule has 0 spiro atoms. The highest BCUT2D eigenvalue weighted by atomic mass is 35.5. The molecule has 0 bridgehead atoms. The number of aromatic amines is 1. The lowest BCUT2D eigenvalue weighted by Crippen LogP contribution is -2.35. The van der Waals surface area contributed by atoms with E-state index in [9.17, 15) is 4.79 Å². The summed E-state index contributed by atoms with van der Waals surface area (Å²) in [5.74, 6) is -0.354. The number of carbonyl (C=O) groups excluding carboxylic acids is 1. The molecule has 96 valence electrons. The number of rotatable bonds is 3. The van der Waals surface area contributed by atoms with Gasteiger partial charge in [-0.25, -0.2) is 0 Å². The third kappa shape index (κ3) is 2.28. The molecule has 0 unspecified atom stereocenters. The molecule has 0 fully saturated rings. The molecule has 0 atom stereocenters. The minimum atomic E-state index is -0.660. The monoisotopic (exact) mass is 283 g/mol. The Morgan fingerprint density at radius 1 is 1.56 bits per heavy atom. The first kappa shape index (κ1) is 13.1. The van der Waals surface area contributed by atoms with Crippen LogP contribution in [0.5, 0.6) is 0 Å². The van der Waals surface area contributed by atoms with E-state index in [-0.39, 0.29) is 5.91 Å². The Bertz CT molecular complexity index is 672. The van der Waals surface area contributed by atoms with Gasteiger partial charge in [-0.15, -0.1) is 0 Å². The van der Waals surface area contributed by atoms with Crippen molar-refractivity contribution in [2.75, 3.05) is 0 Å². The number of hydrogen-bond acceptors (Lipinski definition) is 2. The van der Waals surface area contributed by atoms with Crippen LogP contribution in [0.4, 0.5) is 0 Å². The Morgan fingerprint density at radius 3 is 2.83 bits per heavy atom. The van der Waals surface area contributed by atoms with Crippen LogP contribution in [0.1, 0.15) is 13.8 Å². The molecule has 3 N–H and O–H groups in total. The fourth-order valence-electron chi connectivity index (χ4n) is 1.77. The highest BCUT2D eigenvalue weighted by Gasteiger charge is 2.26. The van der Waals surface area contributed by atoms with Crippen LogP contribution in [0.2, 0.25) is 5.02 Å². The lowest BCUT2D eigenvalue weighted by atomic mass is 9.92. The number of nitrogens with one attached hydrogen (secondary N) is 1. The first-order valence-corrected chi connectivity index (χ1v) is 6.28. The second kappa shape index (κ2) is 4.40. The maximum atomic E-state index is 11.4. The van der Waals surface area contributed by atoms with Gasteiger partial charge in [0.25, 0.3) is 0 Å². The summed E-state index contributed by atoms with van der Waals surface area (Å²) in [7, 11) is 0. The van der Waals surface area contributed by atoms with E-state index < -0.39 is 5.41 Å². The van der Waals surface area contributed by atoms with Crippen molar-refractivity contribution in [1.29, 1.82) is 0 Å². The Labute approximate surface area is 115 Å². The molecule has 0 saturated carbocycles. The van der Waals surface area contributed by atoms with Crippen LogP contribution in [0.3, 0.4) is 0 Å². The van der Waals surface area contributed by atoms with Gasteiger partial charge < -0.3 is 15.3 Å². The third-order valence-electron chi connectivity index (χ3n) is 2.96. The SMILES string of the molecule is CC(C)(Cn1c(=S)[nH]c2cc(Cl)ccc21)C(N)=O. The first-order chi connectivity index (χ1) is 8.31. The zero-order valence-electron chi connectivity index (χ0n) is 10.2. The lowest BCUT2D eigenvalue weighted by Gasteiger charge is -2.21. The highest BCUT2D eigenvalue weighted by molar-refractivity contribution is 7.71. The quantitative estimate of drug-likeness (QED) is 0.851. The van der Waals surface area contributed by atoms with E-state index in [2.05, 4.69) is 4.98 Å². The Hall–Kier alpha value is -1.33. The summed E-state index contributed by atoms with van der Waals surface area (Å²) in [6, 6.07) is 5.47. The van der Waals surface area contributed by atoms with Crippen LogP contribution >= 0.6 is 23.8 Å². The molecule has 1 aromatic heterocycles. The largest absolute Gasteiger partial charge is 0.369 e. The maximum Gasteiger partial charge on any atom is 0.224 e. The van der Waals surface area contributed by atoms with Gasteiger partial charge in [0.1, 0.15) is 0 Å². The number of hydrogen-bond donors (Lipinski definition) is 2. The Morgan fingerprint density at radius 2 is 2.22 bits per heavy atom. The summed E-state index contributed by atoms with van der Waals surface area (Å²) in [5, 5.41) is 0.639. The summed E-state index contributed by atoms with van der Waals surface area (Å²) in [5.41, 5.74) is 6.50. The van der Waals surface area contributed by atoms with Gasteiger partial charge >= 0.3 is 0 Å². The first-order valence-electron chi connectivity index (χ1n) is 5.49. The molecule has 2 aromatic rings. The van der Waals surface area contributed by atoms with Gasteiger partial charge in [-0.1, -0.05) is 11.6 Å². The van der Waals surface area contributed by atoms with Crippen molar-refractivity contribution in [3.05, 3.63) is 28.0 Å². The number of nitrogens with zero attached hydrogens (tertiary/aromatic N) is 1. The summed E-state index contributed by atoms with van der Waals surface area (Å²) >= 11 is 11.2. The van der Waals surface area contributed by atoms with Gasteiger partial charge in [0, 0.05) is 11.6 Å². The minimum absolute atomic E-state index is 0.354. The van der Waals surface area contributed by atoms with Crippen LogP contribution in [-0.2, 0) is 11.3 Å². The number of imidazole rings is 1. The maximum absolute atomic E-state index is 11.4. The fourth-order valence-corrected chi connectivity index (χ4v) is 2.21. The van der Waals surface area contributed by atoms with Gasteiger partial charge in [0.15, 0.2) is 4.77 Å². The summed E-state index contributed by atoms with van der Waals surface area (Å²) in [6.07, 6.45) is 0. The molecule has 18 heavy (non-hydrogen) atoms. The van der Waals surface area contributed by atoms with Crippen LogP contribution in [-0.4, -0.2) is 15.5 Å². The molecule has 4 nitrogen and oxygen atoms in total. The van der Waals surface area contributed by atoms with Crippen molar-refractivity contribution < 1.29 is 4.79 Å². The lowest BCUT2D eigenvalue weighted by molar-refractivity contribution is -0.126. The number of aromatic nitrogens is 2. The number of benzene rings is 1. The van der Waals surface area contributed by atoms with E-state index in [0.29, 0.717) is 16.3 Å². The predicted octanol–water partition coefficient (Wildman–Crippen LogP) is 2.86. The Kier molecular flexibility index (Phi) is 3.21. The Balaban J connectivity index is 2.55. The number of fused-ring (bicyclic) bond motifs is 1. The molecule has 0 aliphatic carbocycles. The number of primary amides is 1. The number of nitrogens with two attached hydrogens (primary N) is 1. The second-order valence-electron chi connectivity index (χ2n) is 4.93. The van der Waals surface area contributed by atoms with Gasteiger partial charge in [0.2, 0.25) is 5.91 Å². The molecule has 2 rings (SSSR count). The van der Waals surface area contributed by atoms with Crippen molar-refractivity contribution in [3.63, 3.8) is 0 Å². The number of halogens is 1. The third-order valence-corrected chi connectivity index (χ3v) is 3.51. The molecule has 0 aliphatic heterocycles. The molecular formula is C12H14ClN3OS. The summed E-state index contributed by atoms with van der Waals surface area (Å²) < 4.78 is 2.42. The number of H-pyrrole nitrogens is 1. The topological polar surface area (TPSA) is 63.8 Å². The van der Waals surface area contributed by atoms with E-state index in [4.69, 9.17) is 29.6 Å². The number of carbonyl (C=O) groups is 1. The molecule has 0 radical (unpaired) electrons. The van der Waals surface area contributed by atoms with Gasteiger partial charge in [-0.05, 0) is 44.3 Å². The van der Waals surface area contributed by atoms with Crippen LogP contribution in [0.25, 0.3) is 11.0 Å². The van der Waals surface area contributed by atoms with Crippen molar-refractivity contribution >= 4 is 40.8 Å². The van der Waals surface area contributed by atoms with Gasteiger partial charge in [0.05, 0.1) is 16.4 Å². The van der Waals surface area contributed by atoms with E-state index in [1.54, 1.807) is 26.0 Å². The smallest absolute Gasteiger partial charge is 0.224 e. The molecule has 6 heteroatoms. The molecule has 1 heterocycles. The second-order valence-corrected chi connectivity index (χ2v) is 5.75. The van der Waals surface area contributed by atoms with E-state index >= 15 is 0 Å². The molecule has 0 saturated heterocycles. The van der Waals surface area contributed by atoms with E-state index in [1.807, 2.05) is 10.6 Å². The summed E-state index contributed by atoms with van der Waals surface area (Å²) in [6.45, 7) is 4.03. The fraction of sp³-hybridized carbons (Fsp3) is 0.333. The van der Waals surface area contributed by atoms with Crippen molar-refractivity contribution in [2.45, 2.75) is 20.4 Å². The summed E-state index contributed by atoms with van der Waals surface area (Å²) in [4.78, 5) is 14.5. The molecular weight excluding hydrogens is 270 g/mol. The minimum Gasteiger partial charge on any atom is -0.369 e. The van der Waals surface area contributed by atoms with E-state index in [1.165, 1.54) is 0 Å². The van der Waals surface area contributed by atoms with Crippen molar-refractivity contribution in [1.82, 2.24) is 9.55 Å². The molecule has 0 aliphatic rings. The van der Waals surface area contributed by atoms with E-state index in [0.717, 1.165) is 11.0 Å². The van der Waals surface area contributed by atoms with Crippen LogP contribution in [0, 0.1) is 10.2 Å². The van der Waals surface area contributed by atoms with Crippen LogP contribution < -0.4 is 5.73 Å². The van der Waals surface area contributed by atoms with Crippen molar-refractivity contribution in [3.8, 4) is 0 Å². The average molecular weight is 284 g/mol. The number of amides is 1. The average Bonchev–Trinajstić information content (AvgIpc) is 2.54.